The van der Waals surface area contributed by atoms with Crippen molar-refractivity contribution in [2.75, 3.05) is 11.4 Å². The van der Waals surface area contributed by atoms with Crippen molar-refractivity contribution in [2.24, 2.45) is 0 Å². The number of carbonyl (C=O) groups excluding carboxylic acids is 1. The van der Waals surface area contributed by atoms with Gasteiger partial charge in [-0.1, -0.05) is 18.2 Å². The molecular weight excluding hydrogens is 252 g/mol. The lowest BCUT2D eigenvalue weighted by molar-refractivity contribution is 0.251. The van der Waals surface area contributed by atoms with Crippen molar-refractivity contribution in [2.45, 2.75) is 6.42 Å². The molecule has 0 unspecified atom stereocenters. The maximum Gasteiger partial charge on any atom is 0.336 e. The molecule has 0 atom stereocenters. The highest BCUT2D eigenvalue weighted by Crippen LogP contribution is 2.27. The molecule has 7 heteroatoms. The molecule has 0 fully saturated rings. The topological polar surface area (TPSA) is 66.5 Å². The molecule has 1 aromatic carbocycles. The Kier molecular flexibility index (Phi) is 2.77. The van der Waals surface area contributed by atoms with Crippen LogP contribution in [0.1, 0.15) is 5.56 Å². The first-order chi connectivity index (χ1) is 7.47. The second kappa shape index (κ2) is 3.95. The highest BCUT2D eigenvalue weighted by Gasteiger charge is 2.26. The molecule has 0 saturated carbocycles. The van der Waals surface area contributed by atoms with E-state index in [1.165, 1.54) is 4.90 Å². The highest BCUT2D eigenvalue weighted by molar-refractivity contribution is 8.12. The summed E-state index contributed by atoms with van der Waals surface area (Å²) in [6, 6.07) is 6.61. The molecule has 86 valence electrons. The van der Waals surface area contributed by atoms with Gasteiger partial charge in [-0.15, -0.1) is 0 Å². The van der Waals surface area contributed by atoms with Gasteiger partial charge >= 0.3 is 15.3 Å². The van der Waals surface area contributed by atoms with Crippen molar-refractivity contribution in [3.8, 4) is 0 Å². The molecule has 0 saturated heterocycles. The van der Waals surface area contributed by atoms with Crippen molar-refractivity contribution >= 4 is 31.6 Å². The van der Waals surface area contributed by atoms with Crippen LogP contribution in [0.15, 0.2) is 24.3 Å². The summed E-state index contributed by atoms with van der Waals surface area (Å²) in [5, 5.41) is 0. The van der Waals surface area contributed by atoms with Gasteiger partial charge in [-0.3, -0.25) is 4.90 Å². The van der Waals surface area contributed by atoms with Gasteiger partial charge in [0.25, 0.3) is 0 Å². The minimum atomic E-state index is -4.03. The van der Waals surface area contributed by atoms with E-state index in [1.807, 2.05) is 12.1 Å². The second-order valence-corrected chi connectivity index (χ2v) is 5.67. The van der Waals surface area contributed by atoms with Crippen LogP contribution in [-0.2, 0) is 15.7 Å². The number of para-hydroxylation sites is 1. The summed E-state index contributed by atoms with van der Waals surface area (Å²) in [5.41, 5.74) is 1.74. The van der Waals surface area contributed by atoms with Gasteiger partial charge in [0.2, 0.25) is 0 Å². The Morgan fingerprint density at radius 2 is 2.06 bits per heavy atom. The largest absolute Gasteiger partial charge is 0.336 e. The van der Waals surface area contributed by atoms with E-state index in [1.54, 1.807) is 16.9 Å². The Morgan fingerprint density at radius 1 is 1.38 bits per heavy atom. The van der Waals surface area contributed by atoms with Crippen LogP contribution in [0, 0.1) is 0 Å². The predicted octanol–water partition coefficient (Wildman–Crippen LogP) is 1.24. The van der Waals surface area contributed by atoms with Crippen molar-refractivity contribution in [3.05, 3.63) is 29.8 Å². The normalized spacial score (nSPS) is 14.7. The van der Waals surface area contributed by atoms with Crippen LogP contribution >= 0.6 is 10.7 Å². The van der Waals surface area contributed by atoms with Crippen LogP contribution < -0.4 is 9.62 Å². The SMILES string of the molecule is O=C(NS(=O)(=O)Cl)N1CCc2ccccc21. The van der Waals surface area contributed by atoms with E-state index in [-0.39, 0.29) is 0 Å². The van der Waals surface area contributed by atoms with E-state index < -0.39 is 15.3 Å². The van der Waals surface area contributed by atoms with Crippen LogP contribution in [-0.4, -0.2) is 21.0 Å². The molecule has 0 spiro atoms. The number of nitrogens with one attached hydrogen (secondary N) is 1. The number of benzene rings is 1. The summed E-state index contributed by atoms with van der Waals surface area (Å²) < 4.78 is 23.2. The van der Waals surface area contributed by atoms with E-state index in [0.717, 1.165) is 11.3 Å². The smallest absolute Gasteiger partial charge is 0.293 e. The van der Waals surface area contributed by atoms with Crippen LogP contribution in [0.4, 0.5) is 10.5 Å². The Balaban J connectivity index is 2.23. The van der Waals surface area contributed by atoms with E-state index >= 15 is 0 Å². The Labute approximate surface area is 97.6 Å². The van der Waals surface area contributed by atoms with Crippen molar-refractivity contribution in [1.82, 2.24) is 4.72 Å². The molecule has 0 aromatic heterocycles. The molecular formula is C9H9ClN2O3S. The number of halogens is 1. The van der Waals surface area contributed by atoms with Gasteiger partial charge in [-0.05, 0) is 18.1 Å². The maximum atomic E-state index is 11.6. The van der Waals surface area contributed by atoms with Crippen LogP contribution in [0.2, 0.25) is 0 Å². The lowest BCUT2D eigenvalue weighted by Crippen LogP contribution is -2.40. The summed E-state index contributed by atoms with van der Waals surface area (Å²) in [5.74, 6) is 0. The molecule has 1 aliphatic rings. The fourth-order valence-corrected chi connectivity index (χ4v) is 2.23. The number of hydrogen-bond donors (Lipinski definition) is 1. The number of hydrogen-bond acceptors (Lipinski definition) is 3. The molecule has 0 aliphatic carbocycles. The second-order valence-electron chi connectivity index (χ2n) is 3.38. The zero-order valence-corrected chi connectivity index (χ0v) is 9.75. The minimum absolute atomic E-state index is 0.456. The number of nitrogens with zero attached hydrogens (tertiary/aromatic N) is 1. The van der Waals surface area contributed by atoms with Gasteiger partial charge in [0.1, 0.15) is 0 Å². The van der Waals surface area contributed by atoms with Crippen molar-refractivity contribution in [3.63, 3.8) is 0 Å². The number of fused-ring (bicyclic) bond motifs is 1. The first-order valence-corrected chi connectivity index (χ1v) is 6.90. The molecule has 5 nitrogen and oxygen atoms in total. The zero-order valence-electron chi connectivity index (χ0n) is 8.18. The monoisotopic (exact) mass is 260 g/mol. The zero-order chi connectivity index (χ0) is 11.8. The fourth-order valence-electron chi connectivity index (χ4n) is 1.71. The molecule has 16 heavy (non-hydrogen) atoms. The van der Waals surface area contributed by atoms with E-state index in [0.29, 0.717) is 13.0 Å². The highest BCUT2D eigenvalue weighted by atomic mass is 35.7. The first-order valence-electron chi connectivity index (χ1n) is 4.59. The Hall–Kier alpha value is -1.27. The molecule has 1 aliphatic heterocycles. The van der Waals surface area contributed by atoms with Gasteiger partial charge in [0.05, 0.1) is 0 Å². The quantitative estimate of drug-likeness (QED) is 0.773. The standard InChI is InChI=1S/C9H9ClN2O3S/c10-16(14,15)11-9(13)12-6-5-7-3-1-2-4-8(7)12/h1-4H,5-6H2,(H,11,13). The van der Waals surface area contributed by atoms with Gasteiger partial charge < -0.3 is 0 Å². The Bertz CT molecular complexity index is 529. The van der Waals surface area contributed by atoms with Crippen molar-refractivity contribution < 1.29 is 13.2 Å². The number of urea groups is 1. The number of anilines is 1. The van der Waals surface area contributed by atoms with Crippen molar-refractivity contribution in [1.29, 1.82) is 0 Å². The minimum Gasteiger partial charge on any atom is -0.293 e. The average Bonchev–Trinajstić information content (AvgIpc) is 2.58. The lowest BCUT2D eigenvalue weighted by atomic mass is 10.2. The maximum absolute atomic E-state index is 11.6. The van der Waals surface area contributed by atoms with Gasteiger partial charge in [0.15, 0.2) is 0 Å². The average molecular weight is 261 g/mol. The molecule has 0 radical (unpaired) electrons. The summed E-state index contributed by atoms with van der Waals surface area (Å²) >= 11 is 0. The predicted molar refractivity (Wildman–Crippen MR) is 60.8 cm³/mol. The number of rotatable bonds is 1. The Morgan fingerprint density at radius 3 is 2.75 bits per heavy atom. The first kappa shape index (κ1) is 11.2. The number of amides is 2. The number of carbonyl (C=O) groups is 1. The van der Waals surface area contributed by atoms with Crippen LogP contribution in [0.25, 0.3) is 0 Å². The molecule has 1 aromatic rings. The summed E-state index contributed by atoms with van der Waals surface area (Å²) in [7, 11) is 0.915. The van der Waals surface area contributed by atoms with Gasteiger partial charge in [-0.2, -0.15) is 8.42 Å². The van der Waals surface area contributed by atoms with E-state index in [2.05, 4.69) is 0 Å². The molecule has 0 bridgehead atoms. The van der Waals surface area contributed by atoms with E-state index in [9.17, 15) is 13.2 Å². The lowest BCUT2D eigenvalue weighted by Gasteiger charge is -2.16. The third-order valence-electron chi connectivity index (χ3n) is 2.34. The van der Waals surface area contributed by atoms with Crippen LogP contribution in [0.5, 0.6) is 0 Å². The molecule has 2 amide bonds. The third kappa shape index (κ3) is 2.28. The third-order valence-corrected chi connectivity index (χ3v) is 2.99. The molecule has 1 N–H and O–H groups in total. The van der Waals surface area contributed by atoms with Crippen LogP contribution in [0.3, 0.4) is 0 Å². The summed E-state index contributed by atoms with van der Waals surface area (Å²) in [4.78, 5) is 12.9. The van der Waals surface area contributed by atoms with Gasteiger partial charge in [0, 0.05) is 22.9 Å². The van der Waals surface area contributed by atoms with Gasteiger partial charge in [-0.25, -0.2) is 9.52 Å². The molecule has 2 rings (SSSR count). The summed E-state index contributed by atoms with van der Waals surface area (Å²) in [6.07, 6.45) is 0.714. The summed E-state index contributed by atoms with van der Waals surface area (Å²) in [6.45, 7) is 0.456. The molecule has 1 heterocycles. The van der Waals surface area contributed by atoms with E-state index in [4.69, 9.17) is 10.7 Å². The fraction of sp³-hybridized carbons (Fsp3) is 0.222.